The normalized spacial score (nSPS) is 14.8. The van der Waals surface area contributed by atoms with Crippen LogP contribution in [0.15, 0.2) is 54.9 Å². The van der Waals surface area contributed by atoms with E-state index in [-0.39, 0.29) is 0 Å². The number of hydrogen-bond acceptors (Lipinski definition) is 6. The van der Waals surface area contributed by atoms with Crippen LogP contribution in [0.25, 0.3) is 27.9 Å². The number of piperidine rings is 1. The van der Waals surface area contributed by atoms with Crippen LogP contribution < -0.4 is 10.1 Å². The first-order valence-corrected chi connectivity index (χ1v) is 11.8. The van der Waals surface area contributed by atoms with Crippen molar-refractivity contribution in [3.8, 4) is 17.3 Å². The summed E-state index contributed by atoms with van der Waals surface area (Å²) in [5.74, 6) is 0.533. The average Bonchev–Trinajstić information content (AvgIpc) is 3.47. The van der Waals surface area contributed by atoms with E-state index in [1.165, 1.54) is 0 Å². The second kappa shape index (κ2) is 8.53. The molecule has 0 spiro atoms. The van der Waals surface area contributed by atoms with Crippen LogP contribution >= 0.6 is 0 Å². The molecule has 5 aromatic rings. The molecule has 0 bridgehead atoms. The van der Waals surface area contributed by atoms with Gasteiger partial charge >= 0.3 is 0 Å². The standard InChI is InChI=1S/C26H27N7O/c1-17-12-23(30-33-14-18(2)28-25(17)33)22-13-20-15-32(21-8-10-27-11-9-21)31-24(20)26(29-22)34-16-19-6-4-3-5-7-19/h3-7,12-15,21,27H,8-11,16H2,1-2H3. The van der Waals surface area contributed by atoms with E-state index in [2.05, 4.69) is 39.4 Å². The molecular formula is C26H27N7O. The van der Waals surface area contributed by atoms with Gasteiger partial charge in [-0.25, -0.2) is 14.5 Å². The van der Waals surface area contributed by atoms with Gasteiger partial charge in [-0.2, -0.15) is 10.2 Å². The molecule has 1 aliphatic heterocycles. The average molecular weight is 454 g/mol. The monoisotopic (exact) mass is 453 g/mol. The van der Waals surface area contributed by atoms with Crippen molar-refractivity contribution in [2.24, 2.45) is 0 Å². The molecule has 5 heterocycles. The lowest BCUT2D eigenvalue weighted by atomic mass is 10.1. The number of fused-ring (bicyclic) bond motifs is 2. The highest BCUT2D eigenvalue weighted by Gasteiger charge is 2.20. The molecule has 1 aliphatic rings. The number of benzene rings is 1. The fourth-order valence-corrected chi connectivity index (χ4v) is 4.61. The van der Waals surface area contributed by atoms with Crippen LogP contribution in [0, 0.1) is 13.8 Å². The van der Waals surface area contributed by atoms with Crippen LogP contribution in [0.2, 0.25) is 0 Å². The highest BCUT2D eigenvalue weighted by Crippen LogP contribution is 2.31. The smallest absolute Gasteiger partial charge is 0.243 e. The number of hydrogen-bond donors (Lipinski definition) is 1. The molecule has 0 amide bonds. The predicted octanol–water partition coefficient (Wildman–Crippen LogP) is 4.26. The minimum absolute atomic E-state index is 0.379. The Morgan fingerprint density at radius 3 is 2.62 bits per heavy atom. The van der Waals surface area contributed by atoms with E-state index in [1.807, 2.05) is 48.8 Å². The fourth-order valence-electron chi connectivity index (χ4n) is 4.61. The molecule has 34 heavy (non-hydrogen) atoms. The largest absolute Gasteiger partial charge is 0.471 e. The minimum atomic E-state index is 0.379. The third kappa shape index (κ3) is 3.90. The van der Waals surface area contributed by atoms with Crippen molar-refractivity contribution in [2.45, 2.75) is 39.3 Å². The first-order valence-electron chi connectivity index (χ1n) is 11.8. The molecule has 8 heteroatoms. The Balaban J connectivity index is 1.45. The number of nitrogens with one attached hydrogen (secondary N) is 1. The van der Waals surface area contributed by atoms with E-state index < -0.39 is 0 Å². The Morgan fingerprint density at radius 1 is 0.971 bits per heavy atom. The molecule has 172 valence electrons. The number of rotatable bonds is 5. The van der Waals surface area contributed by atoms with Gasteiger partial charge < -0.3 is 10.1 Å². The van der Waals surface area contributed by atoms with Crippen LogP contribution in [0.3, 0.4) is 0 Å². The Bertz CT molecular complexity index is 1470. The number of pyridine rings is 1. The van der Waals surface area contributed by atoms with Crippen molar-refractivity contribution in [2.75, 3.05) is 13.1 Å². The van der Waals surface area contributed by atoms with Crippen molar-refractivity contribution >= 4 is 16.6 Å². The molecule has 4 aromatic heterocycles. The van der Waals surface area contributed by atoms with Crippen molar-refractivity contribution in [1.29, 1.82) is 0 Å². The summed E-state index contributed by atoms with van der Waals surface area (Å²) in [5.41, 5.74) is 6.27. The maximum absolute atomic E-state index is 6.24. The van der Waals surface area contributed by atoms with Crippen molar-refractivity contribution in [3.05, 3.63) is 71.7 Å². The number of imidazole rings is 1. The summed E-state index contributed by atoms with van der Waals surface area (Å²) < 4.78 is 10.2. The van der Waals surface area contributed by atoms with Crippen molar-refractivity contribution < 1.29 is 4.74 Å². The lowest BCUT2D eigenvalue weighted by Crippen LogP contribution is -2.29. The van der Waals surface area contributed by atoms with E-state index in [0.717, 1.165) is 70.7 Å². The summed E-state index contributed by atoms with van der Waals surface area (Å²) in [6.07, 6.45) is 6.18. The molecule has 6 rings (SSSR count). The molecule has 1 N–H and O–H groups in total. The van der Waals surface area contributed by atoms with Crippen molar-refractivity contribution in [1.82, 2.24) is 34.7 Å². The molecule has 0 saturated carbocycles. The third-order valence-corrected chi connectivity index (χ3v) is 6.37. The molecule has 8 nitrogen and oxygen atoms in total. The van der Waals surface area contributed by atoms with E-state index in [9.17, 15) is 0 Å². The molecule has 0 atom stereocenters. The summed E-state index contributed by atoms with van der Waals surface area (Å²) in [6.45, 7) is 6.47. The number of nitrogens with zero attached hydrogens (tertiary/aromatic N) is 6. The summed E-state index contributed by atoms with van der Waals surface area (Å²) >= 11 is 0. The van der Waals surface area contributed by atoms with Gasteiger partial charge in [0.05, 0.1) is 23.6 Å². The molecular weight excluding hydrogens is 426 g/mol. The fraction of sp³-hybridized carbons (Fsp3) is 0.308. The Labute approximate surface area is 197 Å². The molecule has 1 aromatic carbocycles. The van der Waals surface area contributed by atoms with Crippen LogP contribution in [0.1, 0.15) is 35.7 Å². The highest BCUT2D eigenvalue weighted by molar-refractivity contribution is 5.86. The molecule has 1 fully saturated rings. The molecule has 1 saturated heterocycles. The van der Waals surface area contributed by atoms with E-state index in [1.54, 1.807) is 0 Å². The van der Waals surface area contributed by atoms with Gasteiger partial charge in [-0.15, -0.1) is 0 Å². The number of ether oxygens (including phenoxy) is 1. The van der Waals surface area contributed by atoms with Gasteiger partial charge in [-0.1, -0.05) is 30.3 Å². The maximum atomic E-state index is 6.24. The Kier molecular flexibility index (Phi) is 5.22. The third-order valence-electron chi connectivity index (χ3n) is 6.37. The van der Waals surface area contributed by atoms with Crippen molar-refractivity contribution in [3.63, 3.8) is 0 Å². The van der Waals surface area contributed by atoms with E-state index in [0.29, 0.717) is 18.5 Å². The second-order valence-electron chi connectivity index (χ2n) is 8.98. The first kappa shape index (κ1) is 20.8. The second-order valence-corrected chi connectivity index (χ2v) is 8.98. The maximum Gasteiger partial charge on any atom is 0.243 e. The zero-order valence-corrected chi connectivity index (χ0v) is 19.4. The van der Waals surface area contributed by atoms with Gasteiger partial charge in [0.1, 0.15) is 12.3 Å². The highest BCUT2D eigenvalue weighted by atomic mass is 16.5. The quantitative estimate of drug-likeness (QED) is 0.428. The summed E-state index contributed by atoms with van der Waals surface area (Å²) in [7, 11) is 0. The van der Waals surface area contributed by atoms with Crippen LogP contribution in [-0.4, -0.2) is 42.5 Å². The Morgan fingerprint density at radius 2 is 1.79 bits per heavy atom. The van der Waals surface area contributed by atoms with E-state index in [4.69, 9.17) is 19.9 Å². The summed E-state index contributed by atoms with van der Waals surface area (Å²) in [6, 6.07) is 14.6. The minimum Gasteiger partial charge on any atom is -0.471 e. The molecule has 0 unspecified atom stereocenters. The summed E-state index contributed by atoms with van der Waals surface area (Å²) in [5, 5.41) is 14.1. The molecule has 0 aliphatic carbocycles. The van der Waals surface area contributed by atoms with E-state index >= 15 is 0 Å². The zero-order chi connectivity index (χ0) is 23.1. The van der Waals surface area contributed by atoms with Gasteiger partial charge in [0.2, 0.25) is 5.88 Å². The number of aromatic nitrogens is 6. The predicted molar refractivity (Wildman–Crippen MR) is 131 cm³/mol. The van der Waals surface area contributed by atoms with Crippen LogP contribution in [-0.2, 0) is 6.61 Å². The van der Waals surface area contributed by atoms with Gasteiger partial charge in [0, 0.05) is 11.6 Å². The van der Waals surface area contributed by atoms with Gasteiger partial charge in [0.15, 0.2) is 11.2 Å². The first-order chi connectivity index (χ1) is 16.6. The zero-order valence-electron chi connectivity index (χ0n) is 19.4. The van der Waals surface area contributed by atoms with Gasteiger partial charge in [0.25, 0.3) is 0 Å². The van der Waals surface area contributed by atoms with Gasteiger partial charge in [-0.3, -0.25) is 4.68 Å². The van der Waals surface area contributed by atoms with Crippen LogP contribution in [0.5, 0.6) is 5.88 Å². The van der Waals surface area contributed by atoms with Crippen LogP contribution in [0.4, 0.5) is 0 Å². The summed E-state index contributed by atoms with van der Waals surface area (Å²) in [4.78, 5) is 9.46. The lowest BCUT2D eigenvalue weighted by molar-refractivity contribution is 0.296. The SMILES string of the molecule is Cc1cn2nc(-c3cc4cn(C5CCNCC5)nc4c(OCc4ccccc4)n3)cc(C)c2n1. The Hall–Kier alpha value is -3.78. The lowest BCUT2D eigenvalue weighted by Gasteiger charge is -2.22. The number of aryl methyl sites for hydroxylation is 2. The molecule has 0 radical (unpaired) electrons. The topological polar surface area (TPSA) is 82.2 Å². The van der Waals surface area contributed by atoms with Gasteiger partial charge in [-0.05, 0) is 63.0 Å².